The first kappa shape index (κ1) is 24.1. The number of aromatic amines is 1. The molecule has 2 heterocycles. The summed E-state index contributed by atoms with van der Waals surface area (Å²) < 4.78 is 6.02. The van der Waals surface area contributed by atoms with Gasteiger partial charge < -0.3 is 14.5 Å². The lowest BCUT2D eigenvalue weighted by Crippen LogP contribution is -1.99. The zero-order valence-electron chi connectivity index (χ0n) is 19.3. The van der Waals surface area contributed by atoms with Gasteiger partial charge in [0, 0.05) is 29.8 Å². The van der Waals surface area contributed by atoms with Gasteiger partial charge >= 0.3 is 5.97 Å². The molecule has 0 radical (unpaired) electrons. The van der Waals surface area contributed by atoms with Crippen molar-refractivity contribution in [1.29, 1.82) is 0 Å². The first-order valence-electron chi connectivity index (χ1n) is 11.6. The molecule has 0 aliphatic heterocycles. The normalized spacial score (nSPS) is 10.6. The summed E-state index contributed by atoms with van der Waals surface area (Å²) in [5, 5.41) is 8.81. The molecule has 0 amide bonds. The summed E-state index contributed by atoms with van der Waals surface area (Å²) in [6, 6.07) is 19.7. The number of carboxylic acids is 1. The quantitative estimate of drug-likeness (QED) is 0.284. The maximum Gasteiger partial charge on any atom is 0.303 e. The average Bonchev–Trinajstić information content (AvgIpc) is 3.24. The standard InChI is InChI=1S/C21H17NO2.C7H14O2/c1-2-14-8-10-15(11-9-14)18-19-17(23)12-13-22-21(19)24-20(18)16-6-4-3-5-7-16;1-2-3-4-5-6-7(8)9/h3-13H,2H2,1H3,(H,22,23);2-6H2,1H3,(H,8,9). The Morgan fingerprint density at radius 1 is 0.909 bits per heavy atom. The lowest BCUT2D eigenvalue weighted by atomic mass is 9.98. The molecule has 2 aromatic carbocycles. The molecule has 0 fully saturated rings. The second-order valence-corrected chi connectivity index (χ2v) is 7.97. The first-order chi connectivity index (χ1) is 16.0. The van der Waals surface area contributed by atoms with E-state index in [-0.39, 0.29) is 5.43 Å². The van der Waals surface area contributed by atoms with Gasteiger partial charge in [-0.1, -0.05) is 87.7 Å². The van der Waals surface area contributed by atoms with Gasteiger partial charge in [-0.05, 0) is 24.0 Å². The van der Waals surface area contributed by atoms with Gasteiger partial charge in [-0.3, -0.25) is 9.59 Å². The van der Waals surface area contributed by atoms with Crippen molar-refractivity contribution in [3.63, 3.8) is 0 Å². The van der Waals surface area contributed by atoms with Gasteiger partial charge in [0.25, 0.3) is 0 Å². The van der Waals surface area contributed by atoms with Crippen LogP contribution in [-0.2, 0) is 11.2 Å². The number of carboxylic acid groups (broad SMARTS) is 1. The van der Waals surface area contributed by atoms with Crippen molar-refractivity contribution in [2.45, 2.75) is 52.4 Å². The van der Waals surface area contributed by atoms with E-state index in [0.717, 1.165) is 48.1 Å². The Bertz CT molecular complexity index is 1220. The van der Waals surface area contributed by atoms with Crippen LogP contribution in [0.15, 0.2) is 76.1 Å². The fourth-order valence-electron chi connectivity index (χ4n) is 3.72. The topological polar surface area (TPSA) is 83.3 Å². The highest BCUT2D eigenvalue weighted by Gasteiger charge is 2.19. The highest BCUT2D eigenvalue weighted by Crippen LogP contribution is 2.38. The molecule has 172 valence electrons. The predicted octanol–water partition coefficient (Wildman–Crippen LogP) is 7.06. The van der Waals surface area contributed by atoms with E-state index in [1.54, 1.807) is 6.20 Å². The second kappa shape index (κ2) is 11.9. The summed E-state index contributed by atoms with van der Waals surface area (Å²) in [5.74, 6) is 0.0421. The summed E-state index contributed by atoms with van der Waals surface area (Å²) in [4.78, 5) is 25.5. The van der Waals surface area contributed by atoms with E-state index in [2.05, 4.69) is 43.1 Å². The van der Waals surface area contributed by atoms with Crippen LogP contribution in [0.2, 0.25) is 0 Å². The lowest BCUT2D eigenvalue weighted by Gasteiger charge is -2.05. The molecule has 0 aliphatic carbocycles. The Hall–Kier alpha value is -3.60. The van der Waals surface area contributed by atoms with Crippen LogP contribution in [0.5, 0.6) is 0 Å². The molecule has 0 atom stereocenters. The predicted molar refractivity (Wildman–Crippen MR) is 133 cm³/mol. The fourth-order valence-corrected chi connectivity index (χ4v) is 3.72. The third kappa shape index (κ3) is 6.22. The third-order valence-corrected chi connectivity index (χ3v) is 5.53. The minimum atomic E-state index is -0.675. The molecule has 0 unspecified atom stereocenters. The van der Waals surface area contributed by atoms with Gasteiger partial charge in [0.2, 0.25) is 5.71 Å². The number of fused-ring (bicyclic) bond motifs is 1. The first-order valence-corrected chi connectivity index (χ1v) is 11.6. The van der Waals surface area contributed by atoms with E-state index in [4.69, 9.17) is 9.52 Å². The highest BCUT2D eigenvalue weighted by atomic mass is 16.4. The number of aromatic nitrogens is 1. The summed E-state index contributed by atoms with van der Waals surface area (Å²) in [7, 11) is 0. The number of unbranched alkanes of at least 4 members (excludes halogenated alkanes) is 3. The molecule has 0 saturated heterocycles. The Morgan fingerprint density at radius 2 is 1.64 bits per heavy atom. The molecule has 4 rings (SSSR count). The van der Waals surface area contributed by atoms with E-state index in [1.807, 2.05) is 30.3 Å². The number of nitrogens with one attached hydrogen (secondary N) is 1. The zero-order valence-corrected chi connectivity index (χ0v) is 19.3. The summed E-state index contributed by atoms with van der Waals surface area (Å²) in [5.41, 5.74) is 4.53. The smallest absolute Gasteiger partial charge is 0.303 e. The number of rotatable bonds is 8. The number of benzene rings is 2. The molecular formula is C28H31NO4. The minimum Gasteiger partial charge on any atom is -0.481 e. The van der Waals surface area contributed by atoms with Crippen LogP contribution in [0.25, 0.3) is 33.6 Å². The molecule has 2 aromatic heterocycles. The largest absolute Gasteiger partial charge is 0.481 e. The van der Waals surface area contributed by atoms with Crippen molar-refractivity contribution < 1.29 is 14.3 Å². The summed E-state index contributed by atoms with van der Waals surface area (Å²) in [6.07, 6.45) is 7.16. The van der Waals surface area contributed by atoms with E-state index in [9.17, 15) is 9.59 Å². The second-order valence-electron chi connectivity index (χ2n) is 7.97. The molecule has 2 N–H and O–H groups in total. The maximum atomic E-state index is 12.5. The monoisotopic (exact) mass is 445 g/mol. The summed E-state index contributed by atoms with van der Waals surface area (Å²) >= 11 is 0. The lowest BCUT2D eigenvalue weighted by molar-refractivity contribution is -0.137. The molecule has 0 bridgehead atoms. The number of furan rings is 1. The Kier molecular flexibility index (Phi) is 8.64. The Morgan fingerprint density at radius 3 is 2.27 bits per heavy atom. The van der Waals surface area contributed by atoms with E-state index in [1.165, 1.54) is 18.1 Å². The number of aliphatic carboxylic acids is 1. The minimum absolute atomic E-state index is 0.0377. The molecule has 5 heteroatoms. The number of hydrogen-bond acceptors (Lipinski definition) is 3. The van der Waals surface area contributed by atoms with Crippen LogP contribution in [0.3, 0.4) is 0 Å². The van der Waals surface area contributed by atoms with Crippen LogP contribution in [-0.4, -0.2) is 16.1 Å². The SMILES string of the molecule is CCCCCCC(=O)O.CCc1ccc(-c2c(-c3ccccc3)oc3[nH]ccc(=O)c23)cc1. The van der Waals surface area contributed by atoms with Gasteiger partial charge in [0.15, 0.2) is 5.43 Å². The van der Waals surface area contributed by atoms with Crippen molar-refractivity contribution in [1.82, 2.24) is 4.98 Å². The van der Waals surface area contributed by atoms with Crippen molar-refractivity contribution in [3.05, 3.63) is 82.6 Å². The number of hydrogen-bond donors (Lipinski definition) is 2. The Labute approximate surface area is 194 Å². The van der Waals surface area contributed by atoms with E-state index < -0.39 is 5.97 Å². The van der Waals surface area contributed by atoms with Gasteiger partial charge in [-0.2, -0.15) is 0 Å². The summed E-state index contributed by atoms with van der Waals surface area (Å²) in [6.45, 7) is 4.24. The molecule has 5 nitrogen and oxygen atoms in total. The molecule has 4 aromatic rings. The van der Waals surface area contributed by atoms with Crippen molar-refractivity contribution in [2.24, 2.45) is 0 Å². The van der Waals surface area contributed by atoms with Crippen molar-refractivity contribution >= 4 is 17.1 Å². The maximum absolute atomic E-state index is 12.5. The highest BCUT2D eigenvalue weighted by molar-refractivity contribution is 6.00. The Balaban J connectivity index is 0.000000292. The van der Waals surface area contributed by atoms with Crippen molar-refractivity contribution in [3.8, 4) is 22.5 Å². The van der Waals surface area contributed by atoms with Crippen LogP contribution in [0.4, 0.5) is 0 Å². The van der Waals surface area contributed by atoms with E-state index >= 15 is 0 Å². The van der Waals surface area contributed by atoms with Gasteiger partial charge in [-0.15, -0.1) is 0 Å². The molecule has 0 saturated carbocycles. The van der Waals surface area contributed by atoms with E-state index in [0.29, 0.717) is 17.5 Å². The molecule has 0 spiro atoms. The zero-order chi connectivity index (χ0) is 23.6. The number of H-pyrrole nitrogens is 1. The molecule has 33 heavy (non-hydrogen) atoms. The fraction of sp³-hybridized carbons (Fsp3) is 0.286. The third-order valence-electron chi connectivity index (χ3n) is 5.53. The van der Waals surface area contributed by atoms with Gasteiger partial charge in [-0.25, -0.2) is 0 Å². The number of carbonyl (C=O) groups is 1. The molecule has 0 aliphatic rings. The van der Waals surface area contributed by atoms with Crippen LogP contribution in [0, 0.1) is 0 Å². The van der Waals surface area contributed by atoms with Gasteiger partial charge in [0.05, 0.1) is 5.39 Å². The van der Waals surface area contributed by atoms with Crippen molar-refractivity contribution in [2.75, 3.05) is 0 Å². The number of pyridine rings is 1. The molecular weight excluding hydrogens is 414 g/mol. The van der Waals surface area contributed by atoms with Crippen LogP contribution in [0.1, 0.15) is 51.5 Å². The number of aryl methyl sites for hydroxylation is 1. The average molecular weight is 446 g/mol. The van der Waals surface area contributed by atoms with Crippen LogP contribution >= 0.6 is 0 Å². The van der Waals surface area contributed by atoms with Gasteiger partial charge in [0.1, 0.15) is 5.76 Å². The van der Waals surface area contributed by atoms with Crippen LogP contribution < -0.4 is 5.43 Å².